The van der Waals surface area contributed by atoms with Crippen LogP contribution in [0.15, 0.2) is 47.5 Å². The quantitative estimate of drug-likeness (QED) is 0.391. The minimum atomic E-state index is -0.338. The van der Waals surface area contributed by atoms with Crippen LogP contribution in [-0.4, -0.2) is 16.6 Å². The summed E-state index contributed by atoms with van der Waals surface area (Å²) in [6.45, 7) is 4.16. The third kappa shape index (κ3) is 5.77. The average Bonchev–Trinajstić information content (AvgIpc) is 2.76. The van der Waals surface area contributed by atoms with Crippen LogP contribution in [0.5, 0.6) is 0 Å². The van der Waals surface area contributed by atoms with Crippen LogP contribution in [0.3, 0.4) is 0 Å². The van der Waals surface area contributed by atoms with E-state index in [1.807, 2.05) is 24.3 Å². The molecule has 0 saturated carbocycles. The lowest BCUT2D eigenvalue weighted by Gasteiger charge is -2.14. The van der Waals surface area contributed by atoms with Crippen molar-refractivity contribution in [2.75, 3.05) is 16.8 Å². The van der Waals surface area contributed by atoms with Gasteiger partial charge in [0.15, 0.2) is 0 Å². The van der Waals surface area contributed by atoms with Crippen LogP contribution < -0.4 is 11.1 Å². The highest BCUT2D eigenvalue weighted by Crippen LogP contribution is 2.36. The van der Waals surface area contributed by atoms with Gasteiger partial charge in [-0.1, -0.05) is 73.1 Å². The second-order valence-electron chi connectivity index (χ2n) is 7.42. The van der Waals surface area contributed by atoms with E-state index in [2.05, 4.69) is 36.3 Å². The van der Waals surface area contributed by atoms with E-state index in [0.29, 0.717) is 32.8 Å². The molecule has 0 fully saturated rings. The van der Waals surface area contributed by atoms with Crippen molar-refractivity contribution in [2.45, 2.75) is 24.8 Å². The molecule has 3 rings (SSSR count). The predicted molar refractivity (Wildman–Crippen MR) is 133 cm³/mol. The number of nitrogen functional groups attached to an aromatic ring is 1. The van der Waals surface area contributed by atoms with Crippen LogP contribution in [0.2, 0.25) is 10.0 Å². The molecule has 1 aromatic heterocycles. The number of hydrogen-bond donors (Lipinski definition) is 2. The van der Waals surface area contributed by atoms with Crippen molar-refractivity contribution in [3.63, 3.8) is 0 Å². The zero-order valence-corrected chi connectivity index (χ0v) is 20.1. The molecule has 0 saturated heterocycles. The number of pyridine rings is 1. The summed E-state index contributed by atoms with van der Waals surface area (Å²) >= 11 is 13.0. The summed E-state index contributed by atoms with van der Waals surface area (Å²) in [5, 5.41) is 23.3. The molecule has 0 atom stereocenters. The zero-order valence-electron chi connectivity index (χ0n) is 17.8. The standard InChI is InChI=1S/C24H19Cl2N5OS/c1-13(2)14-3-5-15(6-4-14)22-19(10-27)23(29)31-24(20(22)11-28)33-12-21(32)30-18-8-16(25)7-17(26)9-18/h3-9,13H,12H2,1-2H3,(H2,29,31)(H,30,32). The number of thioether (sulfide) groups is 1. The van der Waals surface area contributed by atoms with Gasteiger partial charge in [0, 0.05) is 21.3 Å². The van der Waals surface area contributed by atoms with E-state index in [4.69, 9.17) is 28.9 Å². The van der Waals surface area contributed by atoms with Crippen LogP contribution in [0.1, 0.15) is 36.5 Å². The first-order chi connectivity index (χ1) is 15.7. The Balaban J connectivity index is 1.92. The fourth-order valence-corrected chi connectivity index (χ4v) is 4.50. The molecule has 0 spiro atoms. The second kappa shape index (κ2) is 10.6. The number of amides is 1. The number of aromatic nitrogens is 1. The van der Waals surface area contributed by atoms with E-state index in [1.165, 1.54) is 0 Å². The lowest BCUT2D eigenvalue weighted by atomic mass is 9.94. The Morgan fingerprint density at radius 2 is 1.70 bits per heavy atom. The fourth-order valence-electron chi connectivity index (χ4n) is 3.18. The number of rotatable bonds is 6. The first-order valence-electron chi connectivity index (χ1n) is 9.86. The van der Waals surface area contributed by atoms with Gasteiger partial charge in [0.25, 0.3) is 0 Å². The van der Waals surface area contributed by atoms with Gasteiger partial charge in [-0.3, -0.25) is 4.79 Å². The van der Waals surface area contributed by atoms with Crippen molar-refractivity contribution in [2.24, 2.45) is 0 Å². The smallest absolute Gasteiger partial charge is 0.234 e. The van der Waals surface area contributed by atoms with Crippen molar-refractivity contribution < 1.29 is 4.79 Å². The van der Waals surface area contributed by atoms with Gasteiger partial charge in [0.05, 0.1) is 11.3 Å². The highest BCUT2D eigenvalue weighted by atomic mass is 35.5. The Bertz CT molecular complexity index is 1270. The summed E-state index contributed by atoms with van der Waals surface area (Å²) in [7, 11) is 0. The highest BCUT2D eigenvalue weighted by Gasteiger charge is 2.21. The van der Waals surface area contributed by atoms with Crippen LogP contribution in [0.25, 0.3) is 11.1 Å². The number of hydrogen-bond acceptors (Lipinski definition) is 6. The molecule has 3 aromatic rings. The summed E-state index contributed by atoms with van der Waals surface area (Å²) in [6.07, 6.45) is 0. The van der Waals surface area contributed by atoms with Crippen molar-refractivity contribution in [3.05, 3.63) is 69.2 Å². The lowest BCUT2D eigenvalue weighted by Crippen LogP contribution is -2.14. The Morgan fingerprint density at radius 3 is 2.24 bits per heavy atom. The summed E-state index contributed by atoms with van der Waals surface area (Å²) in [6, 6.07) is 16.5. The van der Waals surface area contributed by atoms with Crippen molar-refractivity contribution in [1.29, 1.82) is 10.5 Å². The molecule has 0 aliphatic carbocycles. The Hall–Kier alpha value is -3.23. The molecule has 0 aliphatic rings. The van der Waals surface area contributed by atoms with Crippen molar-refractivity contribution in [3.8, 4) is 23.3 Å². The number of nitrogens with two attached hydrogens (primary N) is 1. The number of anilines is 2. The molecule has 0 unspecified atom stereocenters. The van der Waals surface area contributed by atoms with E-state index < -0.39 is 0 Å². The van der Waals surface area contributed by atoms with Gasteiger partial charge in [-0.2, -0.15) is 10.5 Å². The average molecular weight is 496 g/mol. The molecule has 3 N–H and O–H groups in total. The summed E-state index contributed by atoms with van der Waals surface area (Å²) in [5.74, 6) is -0.0340. The molecule has 1 amide bonds. The maximum Gasteiger partial charge on any atom is 0.234 e. The van der Waals surface area contributed by atoms with E-state index in [1.54, 1.807) is 18.2 Å². The Kier molecular flexibility index (Phi) is 7.84. The molecule has 9 heteroatoms. The molecule has 0 bridgehead atoms. The topological polar surface area (TPSA) is 116 Å². The number of nitrogens with one attached hydrogen (secondary N) is 1. The van der Waals surface area contributed by atoms with Crippen molar-refractivity contribution in [1.82, 2.24) is 4.98 Å². The summed E-state index contributed by atoms with van der Waals surface area (Å²) in [5.41, 5.74) is 9.05. The van der Waals surface area contributed by atoms with Gasteiger partial charge in [-0.05, 0) is 35.2 Å². The second-order valence-corrected chi connectivity index (χ2v) is 9.26. The SMILES string of the molecule is CC(C)c1ccc(-c2c(C#N)c(N)nc(SCC(=O)Nc3cc(Cl)cc(Cl)c3)c2C#N)cc1. The van der Waals surface area contributed by atoms with Gasteiger partial charge in [-0.15, -0.1) is 0 Å². The monoisotopic (exact) mass is 495 g/mol. The van der Waals surface area contributed by atoms with Gasteiger partial charge in [0.1, 0.15) is 28.5 Å². The highest BCUT2D eigenvalue weighted by molar-refractivity contribution is 8.00. The third-order valence-corrected chi connectivity index (χ3v) is 6.18. The number of carbonyl (C=O) groups excluding carboxylic acids is 1. The minimum Gasteiger partial charge on any atom is -0.383 e. The van der Waals surface area contributed by atoms with Crippen LogP contribution >= 0.6 is 35.0 Å². The van der Waals surface area contributed by atoms with Gasteiger partial charge in [-0.25, -0.2) is 4.98 Å². The van der Waals surface area contributed by atoms with Crippen LogP contribution in [-0.2, 0) is 4.79 Å². The third-order valence-electron chi connectivity index (χ3n) is 4.77. The first kappa shape index (κ1) is 24.4. The summed E-state index contributed by atoms with van der Waals surface area (Å²) < 4.78 is 0. The minimum absolute atomic E-state index is 0.00367. The molecule has 0 radical (unpaired) electrons. The molecular formula is C24H19Cl2N5OS. The molecule has 1 heterocycles. The number of halogens is 2. The number of nitriles is 2. The van der Waals surface area contributed by atoms with E-state index >= 15 is 0 Å². The molecule has 0 aliphatic heterocycles. The Morgan fingerprint density at radius 1 is 1.09 bits per heavy atom. The largest absolute Gasteiger partial charge is 0.383 e. The lowest BCUT2D eigenvalue weighted by molar-refractivity contribution is -0.113. The van der Waals surface area contributed by atoms with Gasteiger partial charge < -0.3 is 11.1 Å². The molecule has 6 nitrogen and oxygen atoms in total. The molecular weight excluding hydrogens is 477 g/mol. The maximum absolute atomic E-state index is 12.5. The first-order valence-corrected chi connectivity index (χ1v) is 11.6. The Labute approximate surface area is 206 Å². The molecule has 166 valence electrons. The number of benzene rings is 2. The zero-order chi connectivity index (χ0) is 24.1. The van der Waals surface area contributed by atoms with Gasteiger partial charge in [0.2, 0.25) is 5.91 Å². The molecule has 2 aromatic carbocycles. The maximum atomic E-state index is 12.5. The van der Waals surface area contributed by atoms with E-state index in [0.717, 1.165) is 17.3 Å². The number of carbonyl (C=O) groups is 1. The van der Waals surface area contributed by atoms with E-state index in [9.17, 15) is 15.3 Å². The van der Waals surface area contributed by atoms with Gasteiger partial charge >= 0.3 is 0 Å². The van der Waals surface area contributed by atoms with Crippen LogP contribution in [0.4, 0.5) is 11.5 Å². The number of nitrogens with zero attached hydrogens (tertiary/aromatic N) is 3. The van der Waals surface area contributed by atoms with E-state index in [-0.39, 0.29) is 33.6 Å². The van der Waals surface area contributed by atoms with Crippen LogP contribution in [0, 0.1) is 22.7 Å². The normalized spacial score (nSPS) is 10.5. The molecule has 33 heavy (non-hydrogen) atoms. The fraction of sp³-hybridized carbons (Fsp3) is 0.167. The summed E-state index contributed by atoms with van der Waals surface area (Å²) in [4.78, 5) is 16.7. The van der Waals surface area contributed by atoms with Crippen molar-refractivity contribution >= 4 is 52.4 Å². The predicted octanol–water partition coefficient (Wildman–Crippen LogP) is 6.24.